The molecule has 0 aliphatic carbocycles. The standard InChI is InChI=1S/C4H6O2.C3H7NO2.CH3NO2/c1-3-4(5)6-2;1-2-6-3(4)5;2-1(3)4/h3H,1H2,2H3;2H2,1H3,(H2,4,5);2H2,(H,3,4). The van der Waals surface area contributed by atoms with Crippen LogP contribution in [0.1, 0.15) is 6.92 Å². The molecule has 5 N–H and O–H groups in total. The van der Waals surface area contributed by atoms with E-state index in [1.165, 1.54) is 7.11 Å². The molecule has 0 aliphatic rings. The third-order valence-corrected chi connectivity index (χ3v) is 0.654. The molecule has 0 unspecified atom stereocenters. The lowest BCUT2D eigenvalue weighted by atomic mass is 10.7. The molecule has 0 fully saturated rings. The maximum Gasteiger partial charge on any atom is 0.404 e. The summed E-state index contributed by atoms with van der Waals surface area (Å²) in [4.78, 5) is 28.2. The van der Waals surface area contributed by atoms with Gasteiger partial charge in [-0.25, -0.2) is 14.4 Å². The Bertz CT molecular complexity index is 225. The van der Waals surface area contributed by atoms with Crippen LogP contribution in [0.3, 0.4) is 0 Å². The van der Waals surface area contributed by atoms with Crippen molar-refractivity contribution in [2.24, 2.45) is 11.5 Å². The third-order valence-electron chi connectivity index (χ3n) is 0.654. The van der Waals surface area contributed by atoms with Gasteiger partial charge in [-0.2, -0.15) is 0 Å². The zero-order chi connectivity index (χ0) is 13.6. The molecule has 0 aromatic rings. The number of esters is 1. The predicted octanol–water partition coefficient (Wildman–Crippen LogP) is 0.0701. The van der Waals surface area contributed by atoms with Gasteiger partial charge in [0.15, 0.2) is 0 Å². The van der Waals surface area contributed by atoms with E-state index in [1.807, 2.05) is 0 Å². The highest BCUT2D eigenvalue weighted by atomic mass is 16.5. The number of hydrogen-bond donors (Lipinski definition) is 3. The van der Waals surface area contributed by atoms with Gasteiger partial charge in [0.25, 0.3) is 0 Å². The van der Waals surface area contributed by atoms with Crippen LogP contribution in [0, 0.1) is 0 Å². The summed E-state index contributed by atoms with van der Waals surface area (Å²) in [6.45, 7) is 5.21. The molecule has 0 aromatic heterocycles. The molecule has 0 rings (SSSR count). The quantitative estimate of drug-likeness (QED) is 0.457. The van der Waals surface area contributed by atoms with E-state index in [0.717, 1.165) is 6.08 Å². The van der Waals surface area contributed by atoms with Crippen LogP contribution >= 0.6 is 0 Å². The Balaban J connectivity index is -0.000000162. The molecular weight excluding hydrogens is 220 g/mol. The molecule has 2 amide bonds. The summed E-state index contributed by atoms with van der Waals surface area (Å²) in [6, 6.07) is 0. The molecule has 8 nitrogen and oxygen atoms in total. The summed E-state index contributed by atoms with van der Waals surface area (Å²) in [5.41, 5.74) is 8.57. The number of primary amides is 2. The summed E-state index contributed by atoms with van der Waals surface area (Å²) >= 11 is 0. The van der Waals surface area contributed by atoms with E-state index < -0.39 is 18.2 Å². The summed E-state index contributed by atoms with van der Waals surface area (Å²) in [6.07, 6.45) is -0.933. The first-order valence-electron chi connectivity index (χ1n) is 3.92. The molecule has 0 atom stereocenters. The number of amides is 2. The van der Waals surface area contributed by atoms with Gasteiger partial charge in [-0.3, -0.25) is 0 Å². The van der Waals surface area contributed by atoms with E-state index in [-0.39, 0.29) is 0 Å². The minimum Gasteiger partial charge on any atom is -0.466 e. The van der Waals surface area contributed by atoms with Crippen molar-refractivity contribution in [3.63, 3.8) is 0 Å². The van der Waals surface area contributed by atoms with E-state index in [9.17, 15) is 9.59 Å². The van der Waals surface area contributed by atoms with E-state index >= 15 is 0 Å². The molecule has 8 heteroatoms. The SMILES string of the molecule is C=CC(=O)OC.CCOC(N)=O.NC(=O)O. The van der Waals surface area contributed by atoms with Crippen molar-refractivity contribution in [2.45, 2.75) is 6.92 Å². The lowest BCUT2D eigenvalue weighted by molar-refractivity contribution is -0.134. The first-order valence-corrected chi connectivity index (χ1v) is 3.92. The summed E-state index contributed by atoms with van der Waals surface area (Å²) in [7, 11) is 1.31. The minimum absolute atomic E-state index is 0.356. The number of carbonyl (C=O) groups excluding carboxylic acids is 2. The summed E-state index contributed by atoms with van der Waals surface area (Å²) < 4.78 is 8.32. The van der Waals surface area contributed by atoms with Gasteiger partial charge in [0.1, 0.15) is 0 Å². The first kappa shape index (κ1) is 19.3. The molecule has 0 saturated heterocycles. The maximum atomic E-state index is 9.84. The number of carboxylic acid groups (broad SMARTS) is 1. The van der Waals surface area contributed by atoms with Crippen molar-refractivity contribution in [3.8, 4) is 0 Å². The van der Waals surface area contributed by atoms with Gasteiger partial charge in [-0.1, -0.05) is 6.58 Å². The molecule has 0 aromatic carbocycles. The van der Waals surface area contributed by atoms with Crippen molar-refractivity contribution in [2.75, 3.05) is 13.7 Å². The highest BCUT2D eigenvalue weighted by Gasteiger charge is 1.82. The number of rotatable bonds is 2. The fourth-order valence-corrected chi connectivity index (χ4v) is 0.226. The van der Waals surface area contributed by atoms with Crippen molar-refractivity contribution in [1.82, 2.24) is 0 Å². The van der Waals surface area contributed by atoms with Crippen molar-refractivity contribution in [3.05, 3.63) is 12.7 Å². The average molecular weight is 236 g/mol. The second-order valence-electron chi connectivity index (χ2n) is 1.82. The minimum atomic E-state index is -1.33. The summed E-state index contributed by atoms with van der Waals surface area (Å²) in [5, 5.41) is 7.19. The zero-order valence-electron chi connectivity index (χ0n) is 9.13. The van der Waals surface area contributed by atoms with Crippen molar-refractivity contribution < 1.29 is 29.0 Å². The molecule has 0 saturated carbocycles. The summed E-state index contributed by atoms with van der Waals surface area (Å²) in [5.74, 6) is -0.394. The Kier molecular flexibility index (Phi) is 18.4. The zero-order valence-corrected chi connectivity index (χ0v) is 9.13. The van der Waals surface area contributed by atoms with E-state index in [1.54, 1.807) is 6.92 Å². The second kappa shape index (κ2) is 15.2. The van der Waals surface area contributed by atoms with Gasteiger partial charge in [0.2, 0.25) is 0 Å². The van der Waals surface area contributed by atoms with Crippen LogP contribution in [0.2, 0.25) is 0 Å². The first-order chi connectivity index (χ1) is 7.31. The smallest absolute Gasteiger partial charge is 0.404 e. The monoisotopic (exact) mass is 236 g/mol. The Labute approximate surface area is 92.8 Å². The molecule has 94 valence electrons. The van der Waals surface area contributed by atoms with Crippen LogP contribution in [0.5, 0.6) is 0 Å². The normalized spacial score (nSPS) is 6.88. The van der Waals surface area contributed by atoms with Crippen molar-refractivity contribution in [1.29, 1.82) is 0 Å². The fourth-order valence-electron chi connectivity index (χ4n) is 0.226. The van der Waals surface area contributed by atoms with Gasteiger partial charge >= 0.3 is 18.2 Å². The molecular formula is C8H16N2O6. The number of nitrogens with two attached hydrogens (primary N) is 2. The Morgan fingerprint density at radius 3 is 1.75 bits per heavy atom. The molecule has 16 heavy (non-hydrogen) atoms. The third kappa shape index (κ3) is 60.2. The molecule has 0 aliphatic heterocycles. The number of carbonyl (C=O) groups is 3. The van der Waals surface area contributed by atoms with E-state index in [2.05, 4.69) is 27.5 Å². The van der Waals surface area contributed by atoms with Gasteiger partial charge in [-0.15, -0.1) is 0 Å². The number of hydrogen-bond acceptors (Lipinski definition) is 5. The van der Waals surface area contributed by atoms with E-state index in [4.69, 9.17) is 9.90 Å². The lowest BCUT2D eigenvalue weighted by Crippen LogP contribution is -2.11. The van der Waals surface area contributed by atoms with Crippen LogP contribution in [0.15, 0.2) is 12.7 Å². The van der Waals surface area contributed by atoms with Crippen LogP contribution in [-0.2, 0) is 14.3 Å². The van der Waals surface area contributed by atoms with Gasteiger partial charge < -0.3 is 26.0 Å². The molecule has 0 bridgehead atoms. The number of methoxy groups -OCH3 is 1. The molecule has 0 radical (unpaired) electrons. The Morgan fingerprint density at radius 1 is 1.38 bits per heavy atom. The van der Waals surface area contributed by atoms with Crippen LogP contribution < -0.4 is 11.5 Å². The highest BCUT2D eigenvalue weighted by molar-refractivity contribution is 5.80. The van der Waals surface area contributed by atoms with Crippen molar-refractivity contribution >= 4 is 18.2 Å². The molecule has 0 spiro atoms. The van der Waals surface area contributed by atoms with Crippen LogP contribution in [-0.4, -0.2) is 37.0 Å². The lowest BCUT2D eigenvalue weighted by Gasteiger charge is -1.89. The van der Waals surface area contributed by atoms with Crippen LogP contribution in [0.25, 0.3) is 0 Å². The highest BCUT2D eigenvalue weighted by Crippen LogP contribution is 1.67. The second-order valence-corrected chi connectivity index (χ2v) is 1.82. The van der Waals surface area contributed by atoms with Gasteiger partial charge in [0, 0.05) is 6.08 Å². The average Bonchev–Trinajstić information content (AvgIpc) is 2.16. The Morgan fingerprint density at radius 2 is 1.75 bits per heavy atom. The van der Waals surface area contributed by atoms with Gasteiger partial charge in [0.05, 0.1) is 13.7 Å². The molecule has 0 heterocycles. The Hall–Kier alpha value is -2.25. The number of ether oxygens (including phenoxy) is 2. The fraction of sp³-hybridized carbons (Fsp3) is 0.375. The van der Waals surface area contributed by atoms with Crippen LogP contribution in [0.4, 0.5) is 9.59 Å². The topological polar surface area (TPSA) is 142 Å². The van der Waals surface area contributed by atoms with Gasteiger partial charge in [-0.05, 0) is 6.92 Å². The van der Waals surface area contributed by atoms with E-state index in [0.29, 0.717) is 6.61 Å². The predicted molar refractivity (Wildman–Crippen MR) is 55.6 cm³/mol. The maximum absolute atomic E-state index is 9.84. The largest absolute Gasteiger partial charge is 0.466 e.